The molecule has 1 aliphatic carbocycles. The number of hydrogen-bond donors (Lipinski definition) is 1. The maximum absolute atomic E-state index is 12.6. The van der Waals surface area contributed by atoms with Crippen molar-refractivity contribution < 1.29 is 14.3 Å². The van der Waals surface area contributed by atoms with E-state index in [9.17, 15) is 9.59 Å². The normalized spacial score (nSPS) is 20.3. The van der Waals surface area contributed by atoms with Gasteiger partial charge in [-0.1, -0.05) is 43.0 Å². The first-order valence-electron chi connectivity index (χ1n) is 8.33. The molecular weight excluding hydrogens is 314 g/mol. The smallest absolute Gasteiger partial charge is 0.407 e. The summed E-state index contributed by atoms with van der Waals surface area (Å²) in [6.07, 6.45) is 5.02. The van der Waals surface area contributed by atoms with Gasteiger partial charge in [-0.2, -0.15) is 0 Å². The zero-order valence-corrected chi connectivity index (χ0v) is 14.3. The number of halogens is 1. The van der Waals surface area contributed by atoms with Gasteiger partial charge in [0.25, 0.3) is 0 Å². The van der Waals surface area contributed by atoms with Crippen LogP contribution in [0.1, 0.15) is 57.1 Å². The Morgan fingerprint density at radius 3 is 2.87 bits per heavy atom. The first kappa shape index (κ1) is 17.8. The number of hydrogen-bond acceptors (Lipinski definition) is 3. The zero-order chi connectivity index (χ0) is 16.7. The van der Waals surface area contributed by atoms with Crippen LogP contribution in [0.4, 0.5) is 4.79 Å². The summed E-state index contributed by atoms with van der Waals surface area (Å²) >= 11 is 6.09. The first-order chi connectivity index (χ1) is 11.1. The summed E-state index contributed by atoms with van der Waals surface area (Å²) < 4.78 is 5.01. The van der Waals surface area contributed by atoms with Crippen LogP contribution in [-0.4, -0.2) is 18.5 Å². The minimum atomic E-state index is -0.493. The third kappa shape index (κ3) is 5.24. The molecule has 1 aromatic rings. The summed E-state index contributed by atoms with van der Waals surface area (Å²) in [5.41, 5.74) is 0.851. The van der Waals surface area contributed by atoms with Crippen LogP contribution in [0.5, 0.6) is 0 Å². The van der Waals surface area contributed by atoms with Crippen molar-refractivity contribution in [2.45, 2.75) is 51.5 Å². The number of ketones is 1. The maximum atomic E-state index is 12.6. The molecule has 0 radical (unpaired) electrons. The fourth-order valence-electron chi connectivity index (χ4n) is 3.13. The van der Waals surface area contributed by atoms with E-state index in [1.807, 2.05) is 18.2 Å². The van der Waals surface area contributed by atoms with Crippen molar-refractivity contribution in [3.05, 3.63) is 34.9 Å². The maximum Gasteiger partial charge on any atom is 0.407 e. The lowest BCUT2D eigenvalue weighted by Gasteiger charge is -2.28. The topological polar surface area (TPSA) is 55.4 Å². The van der Waals surface area contributed by atoms with E-state index in [-0.39, 0.29) is 11.7 Å². The second kappa shape index (κ2) is 8.92. The molecule has 126 valence electrons. The van der Waals surface area contributed by atoms with Crippen molar-refractivity contribution in [2.75, 3.05) is 6.61 Å². The van der Waals surface area contributed by atoms with Gasteiger partial charge in [0.05, 0.1) is 12.6 Å². The molecule has 5 heteroatoms. The molecule has 1 aliphatic rings. The summed E-state index contributed by atoms with van der Waals surface area (Å²) in [6.45, 7) is 2.06. The van der Waals surface area contributed by atoms with Gasteiger partial charge in [-0.25, -0.2) is 4.79 Å². The molecule has 0 heterocycles. The lowest BCUT2D eigenvalue weighted by Crippen LogP contribution is -2.37. The van der Waals surface area contributed by atoms with Gasteiger partial charge in [0.2, 0.25) is 0 Å². The number of alkyl carbamates (subject to hydrolysis) is 1. The number of nitrogens with one attached hydrogen (secondary N) is 1. The Bertz CT molecular complexity index is 547. The average Bonchev–Trinajstić information content (AvgIpc) is 2.50. The van der Waals surface area contributed by atoms with E-state index in [0.29, 0.717) is 18.1 Å². The molecule has 0 aliphatic heterocycles. The molecule has 1 aromatic carbocycles. The Morgan fingerprint density at radius 1 is 1.35 bits per heavy atom. The molecule has 2 unspecified atom stereocenters. The molecule has 1 N–H and O–H groups in total. The molecule has 0 saturated heterocycles. The van der Waals surface area contributed by atoms with Gasteiger partial charge < -0.3 is 10.1 Å². The van der Waals surface area contributed by atoms with Gasteiger partial charge in [-0.15, -0.1) is 0 Å². The average molecular weight is 338 g/mol. The third-order valence-electron chi connectivity index (χ3n) is 4.26. The zero-order valence-electron chi connectivity index (χ0n) is 13.5. The second-order valence-electron chi connectivity index (χ2n) is 5.92. The van der Waals surface area contributed by atoms with Crippen molar-refractivity contribution in [2.24, 2.45) is 5.92 Å². The molecule has 2 rings (SSSR count). The van der Waals surface area contributed by atoms with E-state index in [0.717, 1.165) is 37.7 Å². The van der Waals surface area contributed by atoms with Gasteiger partial charge in [-0.05, 0) is 37.5 Å². The molecule has 0 bridgehead atoms. The van der Waals surface area contributed by atoms with Gasteiger partial charge in [0.1, 0.15) is 5.78 Å². The predicted octanol–water partition coefficient (Wildman–Crippen LogP) is 4.67. The number of carbonyl (C=O) groups excluding carboxylic acids is 2. The number of amides is 1. The van der Waals surface area contributed by atoms with Gasteiger partial charge in [0, 0.05) is 17.4 Å². The molecule has 1 fully saturated rings. The number of ether oxygens (including phenoxy) is 1. The van der Waals surface area contributed by atoms with E-state index < -0.39 is 12.1 Å². The first-order valence-corrected chi connectivity index (χ1v) is 8.71. The molecule has 1 amide bonds. The van der Waals surface area contributed by atoms with Gasteiger partial charge >= 0.3 is 6.09 Å². The monoisotopic (exact) mass is 337 g/mol. The highest BCUT2D eigenvalue weighted by Gasteiger charge is 2.31. The van der Waals surface area contributed by atoms with Crippen molar-refractivity contribution in [3.8, 4) is 0 Å². The summed E-state index contributed by atoms with van der Waals surface area (Å²) in [6, 6.07) is 6.94. The summed E-state index contributed by atoms with van der Waals surface area (Å²) in [4.78, 5) is 24.5. The second-order valence-corrected chi connectivity index (χ2v) is 6.36. The Kier molecular flexibility index (Phi) is 6.90. The van der Waals surface area contributed by atoms with E-state index in [1.54, 1.807) is 13.0 Å². The third-order valence-corrected chi connectivity index (χ3v) is 4.50. The predicted molar refractivity (Wildman–Crippen MR) is 90.5 cm³/mol. The minimum absolute atomic E-state index is 0.214. The van der Waals surface area contributed by atoms with E-state index in [4.69, 9.17) is 16.3 Å². The van der Waals surface area contributed by atoms with Crippen molar-refractivity contribution >= 4 is 23.5 Å². The highest BCUT2D eigenvalue weighted by molar-refractivity contribution is 6.30. The summed E-state index contributed by atoms with van der Waals surface area (Å²) in [5.74, 6) is -0.00959. The van der Waals surface area contributed by atoms with Crippen LogP contribution in [0.25, 0.3) is 0 Å². The molecule has 1 saturated carbocycles. The Labute approximate surface area is 142 Å². The van der Waals surface area contributed by atoms with Gasteiger partial charge in [0.15, 0.2) is 0 Å². The number of rotatable bonds is 4. The van der Waals surface area contributed by atoms with Crippen LogP contribution < -0.4 is 5.32 Å². The van der Waals surface area contributed by atoms with Gasteiger partial charge in [-0.3, -0.25) is 4.79 Å². The Balaban J connectivity index is 2.26. The number of Topliss-reactive ketones (excluding diaryl/α,β-unsaturated/α-hetero) is 1. The fraction of sp³-hybridized carbons (Fsp3) is 0.556. The lowest BCUT2D eigenvalue weighted by molar-refractivity contribution is -0.124. The van der Waals surface area contributed by atoms with Crippen LogP contribution >= 0.6 is 11.6 Å². The van der Waals surface area contributed by atoms with Crippen LogP contribution in [0, 0.1) is 5.92 Å². The van der Waals surface area contributed by atoms with Crippen molar-refractivity contribution in [3.63, 3.8) is 0 Å². The summed E-state index contributed by atoms with van der Waals surface area (Å²) in [5, 5.41) is 3.46. The van der Waals surface area contributed by atoms with E-state index in [2.05, 4.69) is 5.32 Å². The number of benzene rings is 1. The molecular formula is C18H24ClNO3. The van der Waals surface area contributed by atoms with Crippen LogP contribution in [-0.2, 0) is 9.53 Å². The summed E-state index contributed by atoms with van der Waals surface area (Å²) in [7, 11) is 0. The van der Waals surface area contributed by atoms with Crippen molar-refractivity contribution in [1.29, 1.82) is 0 Å². The molecule has 2 atom stereocenters. The van der Waals surface area contributed by atoms with E-state index in [1.165, 1.54) is 0 Å². The minimum Gasteiger partial charge on any atom is -0.450 e. The molecule has 23 heavy (non-hydrogen) atoms. The molecule has 0 spiro atoms. The fourth-order valence-corrected chi connectivity index (χ4v) is 3.33. The Morgan fingerprint density at radius 2 is 2.13 bits per heavy atom. The van der Waals surface area contributed by atoms with E-state index >= 15 is 0 Å². The highest BCUT2D eigenvalue weighted by Crippen LogP contribution is 2.32. The number of carbonyl (C=O) groups is 2. The largest absolute Gasteiger partial charge is 0.450 e. The molecule has 4 nitrogen and oxygen atoms in total. The van der Waals surface area contributed by atoms with Crippen LogP contribution in [0.15, 0.2) is 24.3 Å². The van der Waals surface area contributed by atoms with Crippen molar-refractivity contribution in [1.82, 2.24) is 5.32 Å². The highest BCUT2D eigenvalue weighted by atomic mass is 35.5. The Hall–Kier alpha value is -1.55. The van der Waals surface area contributed by atoms with Crippen LogP contribution in [0.2, 0.25) is 5.02 Å². The van der Waals surface area contributed by atoms with Crippen LogP contribution in [0.3, 0.4) is 0 Å². The lowest BCUT2D eigenvalue weighted by atomic mass is 9.82. The SMILES string of the molecule is CCOC(=O)NC(c1cccc(Cl)c1)C1CCCCCCC1=O. The quantitative estimate of drug-likeness (QED) is 0.868. The molecule has 0 aromatic heterocycles. The standard InChI is InChI=1S/C18H24ClNO3/c1-2-23-18(22)20-17(13-8-7-9-14(19)12-13)15-10-5-3-4-6-11-16(15)21/h7-9,12,15,17H,2-6,10-11H2,1H3,(H,20,22).